The van der Waals surface area contributed by atoms with Crippen LogP contribution in [0.4, 0.5) is 0 Å². The van der Waals surface area contributed by atoms with Crippen LogP contribution in [0.25, 0.3) is 0 Å². The minimum atomic E-state index is -0.0319. The first-order valence-electron chi connectivity index (χ1n) is 5.59. The molecule has 0 unspecified atom stereocenters. The molecule has 0 saturated heterocycles. The van der Waals surface area contributed by atoms with Crippen molar-refractivity contribution in [1.29, 1.82) is 0 Å². The number of nitrogens with one attached hydrogen (secondary N) is 1. The summed E-state index contributed by atoms with van der Waals surface area (Å²) in [4.78, 5) is 4.08. The summed E-state index contributed by atoms with van der Waals surface area (Å²) in [6, 6.07) is 4.00. The molecule has 0 atom stereocenters. The molecule has 1 aromatic heterocycles. The van der Waals surface area contributed by atoms with Crippen molar-refractivity contribution in [3.05, 3.63) is 30.1 Å². The zero-order chi connectivity index (χ0) is 10.6. The van der Waals surface area contributed by atoms with Crippen LogP contribution < -0.4 is 5.32 Å². The number of pyridine rings is 1. The molecule has 3 heteroatoms. The second kappa shape index (κ2) is 4.73. The second-order valence-corrected chi connectivity index (χ2v) is 4.36. The van der Waals surface area contributed by atoms with E-state index in [0.29, 0.717) is 0 Å². The van der Waals surface area contributed by atoms with E-state index in [4.69, 9.17) is 0 Å². The van der Waals surface area contributed by atoms with Gasteiger partial charge in [0, 0.05) is 24.5 Å². The predicted octanol–water partition coefficient (Wildman–Crippen LogP) is 1.48. The minimum absolute atomic E-state index is 0.0319. The molecule has 1 aromatic rings. The zero-order valence-corrected chi connectivity index (χ0v) is 8.95. The fourth-order valence-electron chi connectivity index (χ4n) is 2.23. The van der Waals surface area contributed by atoms with E-state index in [9.17, 15) is 5.11 Å². The number of hydrogen-bond donors (Lipinski definition) is 2. The Labute approximate surface area is 90.5 Å². The Hall–Kier alpha value is -0.930. The van der Waals surface area contributed by atoms with Gasteiger partial charge in [0.2, 0.25) is 0 Å². The van der Waals surface area contributed by atoms with Crippen molar-refractivity contribution in [3.63, 3.8) is 0 Å². The third-order valence-electron chi connectivity index (χ3n) is 3.25. The van der Waals surface area contributed by atoms with Gasteiger partial charge in [-0.15, -0.1) is 0 Å². The Morgan fingerprint density at radius 1 is 1.40 bits per heavy atom. The molecule has 82 valence electrons. The van der Waals surface area contributed by atoms with Crippen LogP contribution in [0.5, 0.6) is 0 Å². The molecule has 0 amide bonds. The Morgan fingerprint density at radius 3 is 2.80 bits per heavy atom. The Kier molecular flexibility index (Phi) is 3.34. The number of aromatic nitrogens is 1. The summed E-state index contributed by atoms with van der Waals surface area (Å²) in [5.41, 5.74) is 1.15. The van der Waals surface area contributed by atoms with Crippen LogP contribution in [0.1, 0.15) is 31.2 Å². The van der Waals surface area contributed by atoms with Gasteiger partial charge < -0.3 is 10.4 Å². The van der Waals surface area contributed by atoms with Crippen molar-refractivity contribution in [2.75, 3.05) is 6.61 Å². The molecule has 2 N–H and O–H groups in total. The molecule has 1 aliphatic carbocycles. The van der Waals surface area contributed by atoms with Gasteiger partial charge in [-0.3, -0.25) is 4.98 Å². The summed E-state index contributed by atoms with van der Waals surface area (Å²) in [5.74, 6) is 0. The first kappa shape index (κ1) is 10.6. The van der Waals surface area contributed by atoms with Crippen molar-refractivity contribution < 1.29 is 5.11 Å². The van der Waals surface area contributed by atoms with Gasteiger partial charge in [-0.25, -0.2) is 0 Å². The smallest absolute Gasteiger partial charge is 0.0613 e. The van der Waals surface area contributed by atoms with Crippen LogP contribution in [-0.4, -0.2) is 22.2 Å². The topological polar surface area (TPSA) is 45.1 Å². The second-order valence-electron chi connectivity index (χ2n) is 4.36. The SMILES string of the molecule is OCC1(NCc2cccnc2)CCCC1. The highest BCUT2D eigenvalue weighted by Gasteiger charge is 2.32. The van der Waals surface area contributed by atoms with Crippen LogP contribution in [0.15, 0.2) is 24.5 Å². The van der Waals surface area contributed by atoms with Gasteiger partial charge in [-0.1, -0.05) is 18.9 Å². The van der Waals surface area contributed by atoms with Gasteiger partial charge in [-0.2, -0.15) is 0 Å². The fraction of sp³-hybridized carbons (Fsp3) is 0.583. The Morgan fingerprint density at radius 2 is 2.20 bits per heavy atom. The zero-order valence-electron chi connectivity index (χ0n) is 8.95. The van der Waals surface area contributed by atoms with E-state index in [1.54, 1.807) is 6.20 Å². The molecule has 1 fully saturated rings. The van der Waals surface area contributed by atoms with Gasteiger partial charge in [0.25, 0.3) is 0 Å². The third-order valence-corrected chi connectivity index (χ3v) is 3.25. The average molecular weight is 206 g/mol. The molecule has 3 nitrogen and oxygen atoms in total. The molecular formula is C12H18N2O. The molecule has 0 bridgehead atoms. The van der Waals surface area contributed by atoms with Crippen molar-refractivity contribution in [2.45, 2.75) is 37.8 Å². The summed E-state index contributed by atoms with van der Waals surface area (Å²) in [6.07, 6.45) is 8.27. The quantitative estimate of drug-likeness (QED) is 0.784. The Bertz CT molecular complexity index is 294. The fourth-order valence-corrected chi connectivity index (χ4v) is 2.23. The molecular weight excluding hydrogens is 188 g/mol. The standard InChI is InChI=1S/C12H18N2O/c15-10-12(5-1-2-6-12)14-9-11-4-3-7-13-8-11/h3-4,7-8,14-15H,1-2,5-6,9-10H2. The highest BCUT2D eigenvalue weighted by Crippen LogP contribution is 2.29. The van der Waals surface area contributed by atoms with Crippen molar-refractivity contribution in [3.8, 4) is 0 Å². The van der Waals surface area contributed by atoms with Gasteiger partial charge in [0.15, 0.2) is 0 Å². The number of aliphatic hydroxyl groups is 1. The van der Waals surface area contributed by atoms with Crippen LogP contribution in [-0.2, 0) is 6.54 Å². The lowest BCUT2D eigenvalue weighted by Gasteiger charge is -2.28. The maximum Gasteiger partial charge on any atom is 0.0613 e. The normalized spacial score (nSPS) is 19.3. The van der Waals surface area contributed by atoms with Crippen molar-refractivity contribution in [1.82, 2.24) is 10.3 Å². The summed E-state index contributed by atoms with van der Waals surface area (Å²) < 4.78 is 0. The molecule has 15 heavy (non-hydrogen) atoms. The first-order valence-corrected chi connectivity index (χ1v) is 5.59. The summed E-state index contributed by atoms with van der Waals surface area (Å²) in [7, 11) is 0. The van der Waals surface area contributed by atoms with Crippen molar-refractivity contribution >= 4 is 0 Å². The van der Waals surface area contributed by atoms with Gasteiger partial charge in [0.1, 0.15) is 0 Å². The number of nitrogens with zero attached hydrogens (tertiary/aromatic N) is 1. The molecule has 1 aliphatic rings. The molecule has 0 radical (unpaired) electrons. The lowest BCUT2D eigenvalue weighted by molar-refractivity contribution is 0.163. The third kappa shape index (κ3) is 2.55. The summed E-state index contributed by atoms with van der Waals surface area (Å²) >= 11 is 0. The maximum atomic E-state index is 9.42. The molecule has 2 rings (SSSR count). The molecule has 0 aromatic carbocycles. The molecule has 1 saturated carbocycles. The highest BCUT2D eigenvalue weighted by molar-refractivity contribution is 5.09. The molecule has 0 aliphatic heterocycles. The van der Waals surface area contributed by atoms with Gasteiger partial charge >= 0.3 is 0 Å². The van der Waals surface area contributed by atoms with Gasteiger partial charge in [-0.05, 0) is 24.5 Å². The monoisotopic (exact) mass is 206 g/mol. The van der Waals surface area contributed by atoms with Crippen LogP contribution >= 0.6 is 0 Å². The van der Waals surface area contributed by atoms with E-state index in [-0.39, 0.29) is 12.1 Å². The Balaban J connectivity index is 1.92. The van der Waals surface area contributed by atoms with Crippen molar-refractivity contribution in [2.24, 2.45) is 0 Å². The molecule has 1 heterocycles. The summed E-state index contributed by atoms with van der Waals surface area (Å²) in [5, 5.41) is 12.9. The van der Waals surface area contributed by atoms with E-state index in [1.807, 2.05) is 12.3 Å². The van der Waals surface area contributed by atoms with Crippen LogP contribution in [0, 0.1) is 0 Å². The van der Waals surface area contributed by atoms with E-state index < -0.39 is 0 Å². The van der Waals surface area contributed by atoms with E-state index in [0.717, 1.165) is 19.4 Å². The van der Waals surface area contributed by atoms with E-state index >= 15 is 0 Å². The van der Waals surface area contributed by atoms with Crippen LogP contribution in [0.3, 0.4) is 0 Å². The average Bonchev–Trinajstić information content (AvgIpc) is 2.77. The highest BCUT2D eigenvalue weighted by atomic mass is 16.3. The number of hydrogen-bond acceptors (Lipinski definition) is 3. The lowest BCUT2D eigenvalue weighted by Crippen LogP contribution is -2.45. The first-order chi connectivity index (χ1) is 7.35. The number of rotatable bonds is 4. The van der Waals surface area contributed by atoms with E-state index in [1.165, 1.54) is 18.4 Å². The predicted molar refractivity (Wildman–Crippen MR) is 59.4 cm³/mol. The number of aliphatic hydroxyl groups excluding tert-OH is 1. The van der Waals surface area contributed by atoms with Gasteiger partial charge in [0.05, 0.1) is 6.61 Å². The van der Waals surface area contributed by atoms with E-state index in [2.05, 4.69) is 16.4 Å². The van der Waals surface area contributed by atoms with Crippen LogP contribution in [0.2, 0.25) is 0 Å². The lowest BCUT2D eigenvalue weighted by atomic mass is 9.98. The largest absolute Gasteiger partial charge is 0.394 e. The maximum absolute atomic E-state index is 9.42. The minimum Gasteiger partial charge on any atom is -0.394 e. The summed E-state index contributed by atoms with van der Waals surface area (Å²) in [6.45, 7) is 1.04. The molecule has 0 spiro atoms.